The minimum Gasteiger partial charge on any atom is -0.394 e. The van der Waals surface area contributed by atoms with Crippen LogP contribution in [0.5, 0.6) is 0 Å². The molecule has 0 spiro atoms. The van der Waals surface area contributed by atoms with Gasteiger partial charge in [-0.05, 0) is 12.2 Å². The lowest BCUT2D eigenvalue weighted by atomic mass is 9.97. The highest BCUT2D eigenvalue weighted by Gasteiger charge is 2.53. The molecule has 86 valence electrons. The summed E-state index contributed by atoms with van der Waals surface area (Å²) in [5.74, 6) is -2.49. The lowest BCUT2D eigenvalue weighted by Crippen LogP contribution is -2.64. The number of aliphatic hydroxyl groups excluding tert-OH is 4. The highest BCUT2D eigenvalue weighted by atomic mass is 32.1. The summed E-state index contributed by atoms with van der Waals surface area (Å²) in [5, 5.41) is 48.2. The van der Waals surface area contributed by atoms with E-state index in [2.05, 4.69) is 17.2 Å². The van der Waals surface area contributed by atoms with Gasteiger partial charge in [0.1, 0.15) is 18.3 Å². The molecule has 0 aliphatic carbocycles. The van der Waals surface area contributed by atoms with E-state index in [0.29, 0.717) is 0 Å². The number of thiocarbonyl (C=S) groups is 1. The van der Waals surface area contributed by atoms with Crippen LogP contribution in [0.1, 0.15) is 0 Å². The summed E-state index contributed by atoms with van der Waals surface area (Å²) in [6, 6.07) is 0. The number of ether oxygens (including phenoxy) is 1. The monoisotopic (exact) mass is 237 g/mol. The molecule has 0 amide bonds. The maximum absolute atomic E-state index is 9.58. The zero-order chi connectivity index (χ0) is 11.6. The number of isothiocyanates is 1. The van der Waals surface area contributed by atoms with Gasteiger partial charge in [0.15, 0.2) is 6.10 Å². The summed E-state index contributed by atoms with van der Waals surface area (Å²) in [5.41, 5.74) is 0. The van der Waals surface area contributed by atoms with Crippen LogP contribution < -0.4 is 0 Å². The summed E-state index contributed by atoms with van der Waals surface area (Å²) in [7, 11) is 0. The first-order valence-electron chi connectivity index (χ1n) is 4.10. The fourth-order valence-electron chi connectivity index (χ4n) is 1.29. The lowest BCUT2D eigenvalue weighted by Gasteiger charge is -2.42. The first kappa shape index (κ1) is 12.6. The van der Waals surface area contributed by atoms with Gasteiger partial charge >= 0.3 is 5.91 Å². The van der Waals surface area contributed by atoms with Crippen LogP contribution in [-0.4, -0.2) is 67.6 Å². The molecule has 1 heterocycles. The van der Waals surface area contributed by atoms with Gasteiger partial charge in [-0.2, -0.15) is 4.99 Å². The van der Waals surface area contributed by atoms with Gasteiger partial charge in [-0.15, -0.1) is 0 Å². The summed E-state index contributed by atoms with van der Waals surface area (Å²) in [6.45, 7) is -0.653. The van der Waals surface area contributed by atoms with Crippen molar-refractivity contribution in [1.82, 2.24) is 0 Å². The van der Waals surface area contributed by atoms with Crippen molar-refractivity contribution in [1.29, 1.82) is 0 Å². The molecule has 0 aromatic rings. The molecule has 8 heteroatoms. The van der Waals surface area contributed by atoms with E-state index in [9.17, 15) is 20.4 Å². The molecule has 7 nitrogen and oxygen atoms in total. The topological polar surface area (TPSA) is 123 Å². The van der Waals surface area contributed by atoms with E-state index in [4.69, 9.17) is 9.84 Å². The second kappa shape index (κ2) is 4.60. The van der Waals surface area contributed by atoms with E-state index in [0.717, 1.165) is 0 Å². The average molecular weight is 237 g/mol. The minimum atomic E-state index is -2.49. The Morgan fingerprint density at radius 1 is 1.33 bits per heavy atom. The van der Waals surface area contributed by atoms with Crippen molar-refractivity contribution >= 4 is 17.4 Å². The van der Waals surface area contributed by atoms with Gasteiger partial charge in [-0.3, -0.25) is 0 Å². The fourth-order valence-corrected chi connectivity index (χ4v) is 1.43. The van der Waals surface area contributed by atoms with Gasteiger partial charge < -0.3 is 30.3 Å². The van der Waals surface area contributed by atoms with E-state index in [1.807, 2.05) is 0 Å². The molecule has 0 radical (unpaired) electrons. The summed E-state index contributed by atoms with van der Waals surface area (Å²) < 4.78 is 4.71. The van der Waals surface area contributed by atoms with Crippen LogP contribution in [-0.2, 0) is 4.74 Å². The van der Waals surface area contributed by atoms with Crippen molar-refractivity contribution in [2.45, 2.75) is 30.3 Å². The molecule has 0 aromatic carbocycles. The van der Waals surface area contributed by atoms with Crippen LogP contribution in [0.15, 0.2) is 4.99 Å². The van der Waals surface area contributed by atoms with E-state index in [-0.39, 0.29) is 0 Å². The van der Waals surface area contributed by atoms with Crippen molar-refractivity contribution in [2.24, 2.45) is 4.99 Å². The second-order valence-electron chi connectivity index (χ2n) is 3.13. The fraction of sp³-hybridized carbons (Fsp3) is 0.857. The van der Waals surface area contributed by atoms with Gasteiger partial charge in [0, 0.05) is 0 Å². The molecule has 1 rings (SSSR count). The van der Waals surface area contributed by atoms with Crippen LogP contribution in [0, 0.1) is 0 Å². The van der Waals surface area contributed by atoms with E-state index in [1.54, 1.807) is 5.16 Å². The van der Waals surface area contributed by atoms with Gasteiger partial charge in [0.2, 0.25) is 0 Å². The van der Waals surface area contributed by atoms with Gasteiger partial charge in [-0.1, -0.05) is 0 Å². The molecule has 0 aromatic heterocycles. The number of hydrogen-bond acceptors (Lipinski definition) is 8. The summed E-state index contributed by atoms with van der Waals surface area (Å²) in [4.78, 5) is 3.15. The van der Waals surface area contributed by atoms with E-state index >= 15 is 0 Å². The quantitative estimate of drug-likeness (QED) is 0.260. The minimum absolute atomic E-state index is 0.653. The van der Waals surface area contributed by atoms with Gasteiger partial charge in [0.25, 0.3) is 0 Å². The molecular formula is C7H11NO6S. The SMILES string of the molecule is OC[C@H]1O[C@](O)(N=C=S)[C@H](O)[C@@H](O)[C@H]1O. The molecule has 1 aliphatic rings. The zero-order valence-electron chi connectivity index (χ0n) is 7.52. The van der Waals surface area contributed by atoms with Crippen LogP contribution in [0.4, 0.5) is 0 Å². The summed E-state index contributed by atoms with van der Waals surface area (Å²) in [6.07, 6.45) is -6.36. The lowest BCUT2D eigenvalue weighted by molar-refractivity contribution is -0.345. The number of nitrogens with zero attached hydrogens (tertiary/aromatic N) is 1. The second-order valence-corrected chi connectivity index (χ2v) is 3.31. The Bertz CT molecular complexity index is 281. The Labute approximate surface area is 90.3 Å². The average Bonchev–Trinajstić information content (AvgIpc) is 2.21. The van der Waals surface area contributed by atoms with Crippen molar-refractivity contribution in [3.8, 4) is 0 Å². The maximum atomic E-state index is 9.58. The molecular weight excluding hydrogens is 226 g/mol. The standard InChI is InChI=1S/C7H11NO6S/c9-1-3-4(10)5(11)6(12)7(13,14-3)8-2-15/h3-6,9-13H,1H2/t3-,4+,5+,6-,7+/m1/s1. The molecule has 1 fully saturated rings. The largest absolute Gasteiger partial charge is 0.394 e. The van der Waals surface area contributed by atoms with Crippen LogP contribution >= 0.6 is 12.2 Å². The Kier molecular flexibility index (Phi) is 3.87. The normalized spacial score (nSPS) is 45.9. The Hall–Kier alpha value is -0.440. The third-order valence-corrected chi connectivity index (χ3v) is 2.24. The molecule has 5 atom stereocenters. The van der Waals surface area contributed by atoms with Gasteiger partial charge in [-0.25, -0.2) is 0 Å². The zero-order valence-corrected chi connectivity index (χ0v) is 8.33. The van der Waals surface area contributed by atoms with Crippen molar-refractivity contribution in [3.05, 3.63) is 0 Å². The smallest absolute Gasteiger partial charge is 0.305 e. The first-order valence-corrected chi connectivity index (χ1v) is 4.51. The van der Waals surface area contributed by atoms with Crippen molar-refractivity contribution in [3.63, 3.8) is 0 Å². The molecule has 0 saturated carbocycles. The van der Waals surface area contributed by atoms with Crippen LogP contribution in [0.3, 0.4) is 0 Å². The number of rotatable bonds is 2. The highest BCUT2D eigenvalue weighted by molar-refractivity contribution is 7.78. The molecule has 15 heavy (non-hydrogen) atoms. The molecule has 5 N–H and O–H groups in total. The predicted molar refractivity (Wildman–Crippen MR) is 50.0 cm³/mol. The third-order valence-electron chi connectivity index (χ3n) is 2.15. The predicted octanol–water partition coefficient (Wildman–Crippen LogP) is -2.79. The van der Waals surface area contributed by atoms with Crippen molar-refractivity contribution < 1.29 is 30.3 Å². The number of hydrogen-bond donors (Lipinski definition) is 5. The van der Waals surface area contributed by atoms with Crippen LogP contribution in [0.2, 0.25) is 0 Å². The number of aliphatic hydroxyl groups is 5. The highest BCUT2D eigenvalue weighted by Crippen LogP contribution is 2.28. The maximum Gasteiger partial charge on any atom is 0.305 e. The van der Waals surface area contributed by atoms with Gasteiger partial charge in [0.05, 0.1) is 11.8 Å². The molecule has 1 aliphatic heterocycles. The number of aliphatic imine (C=N–C) groups is 1. The van der Waals surface area contributed by atoms with Crippen LogP contribution in [0.25, 0.3) is 0 Å². The summed E-state index contributed by atoms with van der Waals surface area (Å²) >= 11 is 4.23. The third kappa shape index (κ3) is 2.22. The Morgan fingerprint density at radius 3 is 2.40 bits per heavy atom. The van der Waals surface area contributed by atoms with E-state index < -0.39 is 36.9 Å². The first-order chi connectivity index (χ1) is 6.96. The van der Waals surface area contributed by atoms with E-state index in [1.165, 1.54) is 0 Å². The molecule has 1 saturated heterocycles. The molecule has 0 unspecified atom stereocenters. The Morgan fingerprint density at radius 2 is 1.93 bits per heavy atom. The van der Waals surface area contributed by atoms with Crippen molar-refractivity contribution in [2.75, 3.05) is 6.61 Å². The Balaban J connectivity index is 2.97. The molecule has 0 bridgehead atoms.